The fourth-order valence-corrected chi connectivity index (χ4v) is 3.14. The number of aromatic amines is 1. The van der Waals surface area contributed by atoms with Crippen molar-refractivity contribution in [3.05, 3.63) is 58.8 Å². The van der Waals surface area contributed by atoms with Crippen LogP contribution in [0.4, 0.5) is 5.95 Å². The molecule has 2 N–H and O–H groups in total. The average Bonchev–Trinajstić information content (AvgIpc) is 3.16. The molecule has 0 saturated carbocycles. The molecule has 3 aromatic rings. The minimum Gasteiger partial charge on any atom is -0.472 e. The van der Waals surface area contributed by atoms with Crippen molar-refractivity contribution in [2.45, 2.75) is 18.9 Å². The number of fused-ring (bicyclic) bond motifs is 1. The SMILES string of the molecule is O=C(c1ccoc1)N1CCC(Nc2nc3ccccc3c(=O)[nH]2)CC1. The lowest BCUT2D eigenvalue weighted by atomic mass is 10.0. The van der Waals surface area contributed by atoms with Crippen molar-refractivity contribution in [1.82, 2.24) is 14.9 Å². The van der Waals surface area contributed by atoms with E-state index in [0.29, 0.717) is 35.5 Å². The quantitative estimate of drug-likeness (QED) is 0.764. The van der Waals surface area contributed by atoms with E-state index in [0.717, 1.165) is 12.8 Å². The van der Waals surface area contributed by atoms with Crippen LogP contribution in [0, 0.1) is 0 Å². The van der Waals surface area contributed by atoms with Gasteiger partial charge in [-0.1, -0.05) is 12.1 Å². The minimum atomic E-state index is -0.152. The molecule has 0 bridgehead atoms. The van der Waals surface area contributed by atoms with E-state index in [1.54, 1.807) is 12.1 Å². The number of nitrogens with one attached hydrogen (secondary N) is 2. The highest BCUT2D eigenvalue weighted by Gasteiger charge is 2.24. The summed E-state index contributed by atoms with van der Waals surface area (Å²) in [5.74, 6) is 0.466. The normalized spacial score (nSPS) is 15.4. The predicted molar refractivity (Wildman–Crippen MR) is 93.6 cm³/mol. The Labute approximate surface area is 143 Å². The Morgan fingerprint density at radius 3 is 2.80 bits per heavy atom. The van der Waals surface area contributed by atoms with Gasteiger partial charge in [0, 0.05) is 19.1 Å². The van der Waals surface area contributed by atoms with Crippen LogP contribution in [-0.2, 0) is 0 Å². The first-order valence-electron chi connectivity index (χ1n) is 8.28. The number of hydrogen-bond donors (Lipinski definition) is 2. The second kappa shape index (κ2) is 6.43. The van der Waals surface area contributed by atoms with Gasteiger partial charge in [-0.2, -0.15) is 0 Å². The van der Waals surface area contributed by atoms with E-state index in [1.807, 2.05) is 23.1 Å². The zero-order valence-corrected chi connectivity index (χ0v) is 13.6. The van der Waals surface area contributed by atoms with Crippen molar-refractivity contribution in [2.24, 2.45) is 0 Å². The maximum absolute atomic E-state index is 12.3. The lowest BCUT2D eigenvalue weighted by molar-refractivity contribution is 0.0717. The molecule has 128 valence electrons. The van der Waals surface area contributed by atoms with Gasteiger partial charge in [0.15, 0.2) is 0 Å². The fourth-order valence-electron chi connectivity index (χ4n) is 3.14. The maximum atomic E-state index is 12.3. The highest BCUT2D eigenvalue weighted by Crippen LogP contribution is 2.17. The van der Waals surface area contributed by atoms with E-state index in [4.69, 9.17) is 4.42 Å². The van der Waals surface area contributed by atoms with Gasteiger partial charge in [-0.25, -0.2) is 4.98 Å². The molecular formula is C18H18N4O3. The summed E-state index contributed by atoms with van der Waals surface area (Å²) in [6.07, 6.45) is 4.56. The smallest absolute Gasteiger partial charge is 0.260 e. The Morgan fingerprint density at radius 2 is 2.04 bits per heavy atom. The molecule has 1 fully saturated rings. The summed E-state index contributed by atoms with van der Waals surface area (Å²) in [6.45, 7) is 1.30. The number of amides is 1. The molecule has 1 saturated heterocycles. The van der Waals surface area contributed by atoms with E-state index in [9.17, 15) is 9.59 Å². The first kappa shape index (κ1) is 15.4. The van der Waals surface area contributed by atoms with Crippen molar-refractivity contribution < 1.29 is 9.21 Å². The molecule has 1 aliphatic rings. The monoisotopic (exact) mass is 338 g/mol. The highest BCUT2D eigenvalue weighted by molar-refractivity contribution is 5.93. The number of aromatic nitrogens is 2. The van der Waals surface area contributed by atoms with Gasteiger partial charge in [-0.15, -0.1) is 0 Å². The van der Waals surface area contributed by atoms with Crippen LogP contribution in [-0.4, -0.2) is 39.9 Å². The molecule has 4 rings (SSSR count). The first-order chi connectivity index (χ1) is 12.2. The zero-order valence-electron chi connectivity index (χ0n) is 13.6. The van der Waals surface area contributed by atoms with Gasteiger partial charge in [0.1, 0.15) is 6.26 Å². The van der Waals surface area contributed by atoms with Crippen molar-refractivity contribution >= 4 is 22.8 Å². The number of para-hydroxylation sites is 1. The Balaban J connectivity index is 1.42. The van der Waals surface area contributed by atoms with Gasteiger partial charge in [0.05, 0.1) is 22.7 Å². The molecule has 2 aromatic heterocycles. The number of furan rings is 1. The summed E-state index contributed by atoms with van der Waals surface area (Å²) in [7, 11) is 0. The third kappa shape index (κ3) is 3.13. The van der Waals surface area contributed by atoms with Crippen LogP contribution < -0.4 is 10.9 Å². The number of H-pyrrole nitrogens is 1. The Hall–Kier alpha value is -3.09. The number of rotatable bonds is 3. The van der Waals surface area contributed by atoms with Crippen molar-refractivity contribution in [2.75, 3.05) is 18.4 Å². The highest BCUT2D eigenvalue weighted by atomic mass is 16.3. The Morgan fingerprint density at radius 1 is 1.24 bits per heavy atom. The van der Waals surface area contributed by atoms with Crippen LogP contribution in [0.15, 0.2) is 52.1 Å². The van der Waals surface area contributed by atoms with E-state index < -0.39 is 0 Å². The average molecular weight is 338 g/mol. The van der Waals surface area contributed by atoms with E-state index in [-0.39, 0.29) is 17.5 Å². The van der Waals surface area contributed by atoms with Gasteiger partial charge in [0.2, 0.25) is 5.95 Å². The minimum absolute atomic E-state index is 0.00978. The van der Waals surface area contributed by atoms with Crippen LogP contribution in [0.1, 0.15) is 23.2 Å². The number of nitrogens with zero attached hydrogens (tertiary/aromatic N) is 2. The van der Waals surface area contributed by atoms with Crippen LogP contribution in [0.2, 0.25) is 0 Å². The topological polar surface area (TPSA) is 91.2 Å². The third-order valence-corrected chi connectivity index (χ3v) is 4.50. The van der Waals surface area contributed by atoms with Crippen LogP contribution in [0.3, 0.4) is 0 Å². The van der Waals surface area contributed by atoms with Crippen LogP contribution in [0.5, 0.6) is 0 Å². The van der Waals surface area contributed by atoms with E-state index in [1.165, 1.54) is 12.5 Å². The lowest BCUT2D eigenvalue weighted by Crippen LogP contribution is -2.42. The molecule has 0 atom stereocenters. The van der Waals surface area contributed by atoms with Gasteiger partial charge < -0.3 is 14.6 Å². The van der Waals surface area contributed by atoms with Crippen molar-refractivity contribution in [1.29, 1.82) is 0 Å². The molecule has 0 radical (unpaired) electrons. The van der Waals surface area contributed by atoms with Crippen LogP contribution >= 0.6 is 0 Å². The van der Waals surface area contributed by atoms with Gasteiger partial charge in [-0.3, -0.25) is 14.6 Å². The van der Waals surface area contributed by atoms with E-state index >= 15 is 0 Å². The number of carbonyl (C=O) groups excluding carboxylic acids is 1. The van der Waals surface area contributed by atoms with Gasteiger partial charge in [-0.05, 0) is 31.0 Å². The van der Waals surface area contributed by atoms with Crippen LogP contribution in [0.25, 0.3) is 10.9 Å². The second-order valence-electron chi connectivity index (χ2n) is 6.15. The van der Waals surface area contributed by atoms with Crippen molar-refractivity contribution in [3.8, 4) is 0 Å². The summed E-state index contributed by atoms with van der Waals surface area (Å²) in [5.41, 5.74) is 1.09. The number of hydrogen-bond acceptors (Lipinski definition) is 5. The lowest BCUT2D eigenvalue weighted by Gasteiger charge is -2.32. The molecule has 0 aliphatic carbocycles. The summed E-state index contributed by atoms with van der Waals surface area (Å²) < 4.78 is 4.97. The molecule has 25 heavy (non-hydrogen) atoms. The summed E-state index contributed by atoms with van der Waals surface area (Å²) in [5, 5.41) is 3.86. The predicted octanol–water partition coefficient (Wildman–Crippen LogP) is 2.23. The zero-order chi connectivity index (χ0) is 17.2. The number of carbonyl (C=O) groups is 1. The molecule has 1 aromatic carbocycles. The van der Waals surface area contributed by atoms with Crippen molar-refractivity contribution in [3.63, 3.8) is 0 Å². The number of likely N-dealkylation sites (tertiary alicyclic amines) is 1. The van der Waals surface area contributed by atoms with E-state index in [2.05, 4.69) is 15.3 Å². The molecule has 3 heterocycles. The first-order valence-corrected chi connectivity index (χ1v) is 8.28. The largest absolute Gasteiger partial charge is 0.472 e. The molecule has 1 aliphatic heterocycles. The summed E-state index contributed by atoms with van der Waals surface area (Å²) in [4.78, 5) is 33.5. The fraction of sp³-hybridized carbons (Fsp3) is 0.278. The molecule has 7 nitrogen and oxygen atoms in total. The molecule has 0 spiro atoms. The van der Waals surface area contributed by atoms with Gasteiger partial charge >= 0.3 is 0 Å². The van der Waals surface area contributed by atoms with Gasteiger partial charge in [0.25, 0.3) is 11.5 Å². The molecule has 7 heteroatoms. The number of piperidine rings is 1. The third-order valence-electron chi connectivity index (χ3n) is 4.50. The maximum Gasteiger partial charge on any atom is 0.260 e. The Bertz CT molecular complexity index is 940. The summed E-state index contributed by atoms with van der Waals surface area (Å²) >= 11 is 0. The molecular weight excluding hydrogens is 320 g/mol. The molecule has 0 unspecified atom stereocenters. The summed E-state index contributed by atoms with van der Waals surface area (Å²) in [6, 6.07) is 9.10. The second-order valence-corrected chi connectivity index (χ2v) is 6.15. The molecule has 1 amide bonds. The number of benzene rings is 1. The number of anilines is 1. The standard InChI is InChI=1S/C18H18N4O3/c23-16-14-3-1-2-4-15(14)20-18(21-16)19-13-5-8-22(9-6-13)17(24)12-7-10-25-11-12/h1-4,7,10-11,13H,5-6,8-9H2,(H2,19,20,21,23). The Kier molecular flexibility index (Phi) is 3.97.